The Labute approximate surface area is 94.6 Å². The molecule has 1 N–H and O–H groups in total. The summed E-state index contributed by atoms with van der Waals surface area (Å²) >= 11 is 7.64. The molecule has 2 aliphatic heterocycles. The fourth-order valence-electron chi connectivity index (χ4n) is 2.01. The lowest BCUT2D eigenvalue weighted by Gasteiger charge is -2.37. The minimum atomic E-state index is 0.530. The summed E-state index contributed by atoms with van der Waals surface area (Å²) in [4.78, 5) is 5.69. The average Bonchev–Trinajstić information content (AvgIpc) is 2.65. The molecule has 0 radical (unpaired) electrons. The van der Waals surface area contributed by atoms with Gasteiger partial charge in [0, 0.05) is 12.0 Å². The topological polar surface area (TPSA) is 18.5 Å². The van der Waals surface area contributed by atoms with Crippen molar-refractivity contribution < 1.29 is 0 Å². The van der Waals surface area contributed by atoms with E-state index in [1.165, 1.54) is 19.4 Å². The van der Waals surface area contributed by atoms with Crippen molar-refractivity contribution in [1.82, 2.24) is 14.7 Å². The fraction of sp³-hybridized carbons (Fsp3) is 0.778. The molecule has 0 aliphatic carbocycles. The van der Waals surface area contributed by atoms with Crippen molar-refractivity contribution in [3.8, 4) is 0 Å². The van der Waals surface area contributed by atoms with E-state index in [1.807, 2.05) is 5.41 Å². The highest BCUT2D eigenvalue weighted by Gasteiger charge is 2.27. The lowest BCUT2D eigenvalue weighted by molar-refractivity contribution is 0.123. The minimum Gasteiger partial charge on any atom is -0.302 e. The first-order valence-electron chi connectivity index (χ1n) is 5.10. The Morgan fingerprint density at radius 1 is 1.71 bits per heavy atom. The highest BCUT2D eigenvalue weighted by Crippen LogP contribution is 2.27. The number of likely N-dealkylation sites (N-methyl/N-ethyl adjacent to an activating group) is 1. The zero-order valence-corrected chi connectivity index (χ0v) is 9.94. The number of hydrazine groups is 1. The Kier molecular flexibility index (Phi) is 3.60. The van der Waals surface area contributed by atoms with E-state index in [-0.39, 0.29) is 0 Å². The van der Waals surface area contributed by atoms with Crippen LogP contribution in [0, 0.1) is 0 Å². The van der Waals surface area contributed by atoms with Crippen LogP contribution in [0.2, 0.25) is 0 Å². The number of nitrogens with zero attached hydrogens (tertiary/aromatic N) is 2. The van der Waals surface area contributed by atoms with Crippen molar-refractivity contribution in [3.63, 3.8) is 0 Å². The number of nitrogens with one attached hydrogen (secondary N) is 1. The van der Waals surface area contributed by atoms with Crippen molar-refractivity contribution in [2.45, 2.75) is 25.8 Å². The van der Waals surface area contributed by atoms with E-state index >= 15 is 0 Å². The van der Waals surface area contributed by atoms with Gasteiger partial charge in [-0.15, -0.1) is 0 Å². The third kappa shape index (κ3) is 2.19. The highest BCUT2D eigenvalue weighted by molar-refractivity contribution is 8.00. The van der Waals surface area contributed by atoms with Gasteiger partial charge in [0.15, 0.2) is 0 Å². The number of rotatable bonds is 2. The van der Waals surface area contributed by atoms with Crippen LogP contribution >= 0.6 is 23.5 Å². The fourth-order valence-corrected chi connectivity index (χ4v) is 3.00. The molecule has 0 amide bonds. The lowest BCUT2D eigenvalue weighted by atomic mass is 10.1. The summed E-state index contributed by atoms with van der Waals surface area (Å²) in [7, 11) is 0. The molecule has 0 aromatic heterocycles. The van der Waals surface area contributed by atoms with Gasteiger partial charge >= 0.3 is 0 Å². The Hall–Kier alpha value is 0.1000. The maximum atomic E-state index is 6.09. The molecule has 5 heteroatoms. The van der Waals surface area contributed by atoms with Gasteiger partial charge in [0.2, 0.25) is 0 Å². The molecule has 2 rings (SSSR count). The van der Waals surface area contributed by atoms with Gasteiger partial charge in [0.25, 0.3) is 0 Å². The van der Waals surface area contributed by atoms with Crippen LogP contribution in [-0.4, -0.2) is 35.6 Å². The summed E-state index contributed by atoms with van der Waals surface area (Å²) in [5, 5.41) is 4.87. The van der Waals surface area contributed by atoms with E-state index in [0.717, 1.165) is 18.2 Å². The second-order valence-electron chi connectivity index (χ2n) is 3.71. The van der Waals surface area contributed by atoms with Crippen LogP contribution in [0.5, 0.6) is 0 Å². The molecule has 2 aliphatic rings. The lowest BCUT2D eigenvalue weighted by Crippen LogP contribution is -2.48. The maximum absolute atomic E-state index is 6.09. The van der Waals surface area contributed by atoms with Crippen LogP contribution in [0.4, 0.5) is 0 Å². The number of halogens is 1. The zero-order chi connectivity index (χ0) is 9.97. The number of piperidine rings is 1. The number of hydrogen-bond acceptors (Lipinski definition) is 4. The standard InChI is InChI=1S/C9H16ClN3S/c1-2-12-5-3-4-8(6-12)13-9(10)7-14-11-13/h7-8,11H,2-6H2,1H3. The van der Waals surface area contributed by atoms with Crippen molar-refractivity contribution >= 4 is 23.5 Å². The predicted octanol–water partition coefficient (Wildman–Crippen LogP) is 1.98. The first-order chi connectivity index (χ1) is 6.81. The van der Waals surface area contributed by atoms with Gasteiger partial charge < -0.3 is 4.90 Å². The Morgan fingerprint density at radius 3 is 3.21 bits per heavy atom. The molecule has 0 bridgehead atoms. The van der Waals surface area contributed by atoms with E-state index in [0.29, 0.717) is 6.04 Å². The van der Waals surface area contributed by atoms with E-state index in [2.05, 4.69) is 21.7 Å². The molecule has 0 aromatic carbocycles. The molecule has 1 fully saturated rings. The largest absolute Gasteiger partial charge is 0.302 e. The van der Waals surface area contributed by atoms with Crippen molar-refractivity contribution in [1.29, 1.82) is 0 Å². The summed E-state index contributed by atoms with van der Waals surface area (Å²) in [6, 6.07) is 0.530. The Morgan fingerprint density at radius 2 is 2.57 bits per heavy atom. The first kappa shape index (κ1) is 10.6. The van der Waals surface area contributed by atoms with Gasteiger partial charge in [0.1, 0.15) is 5.16 Å². The Balaban J connectivity index is 1.94. The van der Waals surface area contributed by atoms with Gasteiger partial charge in [-0.1, -0.05) is 18.5 Å². The summed E-state index contributed by atoms with van der Waals surface area (Å²) in [5.41, 5.74) is 0. The van der Waals surface area contributed by atoms with Crippen LogP contribution < -0.4 is 4.83 Å². The smallest absolute Gasteiger partial charge is 0.127 e. The van der Waals surface area contributed by atoms with Gasteiger partial charge in [-0.25, -0.2) is 0 Å². The molecule has 0 saturated carbocycles. The molecule has 3 nitrogen and oxygen atoms in total. The monoisotopic (exact) mass is 233 g/mol. The number of hydrogen-bond donors (Lipinski definition) is 1. The van der Waals surface area contributed by atoms with Gasteiger partial charge in [-0.3, -0.25) is 5.01 Å². The van der Waals surface area contributed by atoms with E-state index in [9.17, 15) is 0 Å². The van der Waals surface area contributed by atoms with E-state index in [1.54, 1.807) is 11.9 Å². The normalized spacial score (nSPS) is 29.4. The molecule has 1 saturated heterocycles. The van der Waals surface area contributed by atoms with Crippen LogP contribution in [0.3, 0.4) is 0 Å². The molecule has 1 unspecified atom stereocenters. The first-order valence-corrected chi connectivity index (χ1v) is 6.35. The van der Waals surface area contributed by atoms with E-state index < -0.39 is 0 Å². The van der Waals surface area contributed by atoms with Crippen molar-refractivity contribution in [2.24, 2.45) is 0 Å². The summed E-state index contributed by atoms with van der Waals surface area (Å²) < 4.78 is 0. The SMILES string of the molecule is CCN1CCCC(N2NSC=C2Cl)C1. The third-order valence-electron chi connectivity index (χ3n) is 2.83. The quantitative estimate of drug-likeness (QED) is 0.581. The van der Waals surface area contributed by atoms with Crippen LogP contribution in [0.15, 0.2) is 10.6 Å². The van der Waals surface area contributed by atoms with Gasteiger partial charge in [-0.2, -0.15) is 4.83 Å². The highest BCUT2D eigenvalue weighted by atomic mass is 35.5. The zero-order valence-electron chi connectivity index (χ0n) is 8.37. The molecule has 0 aromatic rings. The van der Waals surface area contributed by atoms with Gasteiger partial charge in [-0.05, 0) is 37.9 Å². The number of likely N-dealkylation sites (tertiary alicyclic amines) is 1. The molecule has 14 heavy (non-hydrogen) atoms. The van der Waals surface area contributed by atoms with Crippen LogP contribution in [0.25, 0.3) is 0 Å². The average molecular weight is 234 g/mol. The van der Waals surface area contributed by atoms with Gasteiger partial charge in [0.05, 0.1) is 6.04 Å². The maximum Gasteiger partial charge on any atom is 0.127 e. The second-order valence-corrected chi connectivity index (χ2v) is 4.75. The summed E-state index contributed by atoms with van der Waals surface area (Å²) in [5.74, 6) is 0. The summed E-state index contributed by atoms with van der Waals surface area (Å²) in [6.45, 7) is 5.70. The molecule has 1 atom stereocenters. The Bertz CT molecular complexity index is 234. The van der Waals surface area contributed by atoms with E-state index in [4.69, 9.17) is 11.6 Å². The third-order valence-corrected chi connectivity index (χ3v) is 3.89. The molecular formula is C9H16ClN3S. The van der Waals surface area contributed by atoms with Crippen LogP contribution in [0.1, 0.15) is 19.8 Å². The molecule has 2 heterocycles. The molecule has 0 spiro atoms. The van der Waals surface area contributed by atoms with Crippen molar-refractivity contribution in [2.75, 3.05) is 19.6 Å². The molecule has 80 valence electrons. The predicted molar refractivity (Wildman–Crippen MR) is 61.6 cm³/mol. The van der Waals surface area contributed by atoms with Crippen molar-refractivity contribution in [3.05, 3.63) is 10.6 Å². The minimum absolute atomic E-state index is 0.530. The molecular weight excluding hydrogens is 218 g/mol. The van der Waals surface area contributed by atoms with Crippen LogP contribution in [-0.2, 0) is 0 Å². The second kappa shape index (κ2) is 4.75. The summed E-state index contributed by atoms with van der Waals surface area (Å²) in [6.07, 6.45) is 2.50.